The van der Waals surface area contributed by atoms with Gasteiger partial charge in [-0.3, -0.25) is 14.4 Å². The van der Waals surface area contributed by atoms with Gasteiger partial charge >= 0.3 is 5.97 Å². The summed E-state index contributed by atoms with van der Waals surface area (Å²) in [6.45, 7) is 3.65. The SMILES string of the molecule is CCOC(=O)c1sc2nc(C(=O)NCc3ccc4c(c3)NC(=O)CO4)[nH]c(=O)c2c1C. The second-order valence-electron chi connectivity index (χ2n) is 6.72. The van der Waals surface area contributed by atoms with Crippen LogP contribution in [0.1, 0.15) is 38.3 Å². The van der Waals surface area contributed by atoms with Crippen LogP contribution in [0.5, 0.6) is 5.75 Å². The highest BCUT2D eigenvalue weighted by Crippen LogP contribution is 2.29. The Morgan fingerprint density at radius 2 is 2.13 bits per heavy atom. The molecule has 0 fully saturated rings. The Bertz CT molecular complexity index is 1280. The molecule has 0 unspecified atom stereocenters. The van der Waals surface area contributed by atoms with Gasteiger partial charge in [0.15, 0.2) is 6.61 Å². The lowest BCUT2D eigenvalue weighted by molar-refractivity contribution is -0.118. The molecule has 10 nitrogen and oxygen atoms in total. The number of aromatic amines is 1. The molecule has 160 valence electrons. The molecule has 0 aliphatic carbocycles. The number of carbonyl (C=O) groups is 3. The van der Waals surface area contributed by atoms with Crippen molar-refractivity contribution in [3.05, 3.63) is 50.4 Å². The third-order valence-corrected chi connectivity index (χ3v) is 5.77. The van der Waals surface area contributed by atoms with Gasteiger partial charge in [-0.2, -0.15) is 0 Å². The van der Waals surface area contributed by atoms with E-state index >= 15 is 0 Å². The van der Waals surface area contributed by atoms with Crippen LogP contribution < -0.4 is 20.9 Å². The molecule has 0 spiro atoms. The van der Waals surface area contributed by atoms with E-state index in [1.807, 2.05) is 0 Å². The van der Waals surface area contributed by atoms with Crippen molar-refractivity contribution in [3.63, 3.8) is 0 Å². The Balaban J connectivity index is 1.54. The molecule has 0 atom stereocenters. The van der Waals surface area contributed by atoms with Crippen LogP contribution in [0.4, 0.5) is 5.69 Å². The number of amides is 2. The van der Waals surface area contributed by atoms with Crippen LogP contribution >= 0.6 is 11.3 Å². The monoisotopic (exact) mass is 442 g/mol. The lowest BCUT2D eigenvalue weighted by Crippen LogP contribution is -2.28. The fourth-order valence-corrected chi connectivity index (χ4v) is 4.22. The molecule has 4 rings (SSSR count). The molecule has 1 aromatic carbocycles. The summed E-state index contributed by atoms with van der Waals surface area (Å²) in [7, 11) is 0. The fourth-order valence-electron chi connectivity index (χ4n) is 3.15. The number of thiophene rings is 1. The van der Waals surface area contributed by atoms with Gasteiger partial charge in [0.1, 0.15) is 15.5 Å². The van der Waals surface area contributed by atoms with E-state index in [-0.39, 0.29) is 46.6 Å². The fraction of sp³-hybridized carbons (Fsp3) is 0.250. The summed E-state index contributed by atoms with van der Waals surface area (Å²) in [6.07, 6.45) is 0. The van der Waals surface area contributed by atoms with Gasteiger partial charge in [0.2, 0.25) is 5.82 Å². The van der Waals surface area contributed by atoms with Crippen molar-refractivity contribution in [3.8, 4) is 5.75 Å². The maximum Gasteiger partial charge on any atom is 0.348 e. The summed E-state index contributed by atoms with van der Waals surface area (Å²) in [5.41, 5.74) is 1.21. The highest BCUT2D eigenvalue weighted by molar-refractivity contribution is 7.20. The third kappa shape index (κ3) is 3.99. The molecule has 0 saturated heterocycles. The van der Waals surface area contributed by atoms with E-state index in [0.717, 1.165) is 16.9 Å². The van der Waals surface area contributed by atoms with E-state index < -0.39 is 17.4 Å². The quantitative estimate of drug-likeness (QED) is 0.511. The molecular weight excluding hydrogens is 424 g/mol. The van der Waals surface area contributed by atoms with Crippen LogP contribution in [0.15, 0.2) is 23.0 Å². The summed E-state index contributed by atoms with van der Waals surface area (Å²) in [4.78, 5) is 55.9. The predicted octanol–water partition coefficient (Wildman–Crippen LogP) is 1.73. The van der Waals surface area contributed by atoms with Crippen LogP contribution in [0, 0.1) is 6.92 Å². The number of fused-ring (bicyclic) bond motifs is 2. The second-order valence-corrected chi connectivity index (χ2v) is 7.72. The average molecular weight is 442 g/mol. The van der Waals surface area contributed by atoms with Crippen molar-refractivity contribution in [1.82, 2.24) is 15.3 Å². The number of nitrogens with one attached hydrogen (secondary N) is 3. The molecule has 2 amide bonds. The van der Waals surface area contributed by atoms with Crippen LogP contribution in [-0.4, -0.2) is 41.0 Å². The number of esters is 1. The summed E-state index contributed by atoms with van der Waals surface area (Å²) in [5.74, 6) is -0.977. The zero-order chi connectivity index (χ0) is 22.1. The van der Waals surface area contributed by atoms with Gasteiger partial charge in [-0.15, -0.1) is 11.3 Å². The first kappa shape index (κ1) is 20.5. The minimum atomic E-state index is -0.583. The van der Waals surface area contributed by atoms with E-state index in [4.69, 9.17) is 9.47 Å². The second kappa shape index (κ2) is 8.19. The number of aromatic nitrogens is 2. The number of hydrogen-bond acceptors (Lipinski definition) is 8. The Morgan fingerprint density at radius 3 is 2.90 bits per heavy atom. The van der Waals surface area contributed by atoms with Gasteiger partial charge in [0.05, 0.1) is 17.7 Å². The lowest BCUT2D eigenvalue weighted by Gasteiger charge is -2.18. The topological polar surface area (TPSA) is 139 Å². The van der Waals surface area contributed by atoms with Crippen molar-refractivity contribution >= 4 is 45.0 Å². The van der Waals surface area contributed by atoms with Gasteiger partial charge in [-0.05, 0) is 37.1 Å². The number of H-pyrrole nitrogens is 1. The molecule has 3 aromatic rings. The molecule has 1 aliphatic heterocycles. The van der Waals surface area contributed by atoms with Crippen LogP contribution in [0.25, 0.3) is 10.2 Å². The first-order chi connectivity index (χ1) is 14.9. The highest BCUT2D eigenvalue weighted by atomic mass is 32.1. The van der Waals surface area contributed by atoms with Gasteiger partial charge in [0.25, 0.3) is 17.4 Å². The summed E-state index contributed by atoms with van der Waals surface area (Å²) < 4.78 is 10.3. The number of nitrogens with zero attached hydrogens (tertiary/aromatic N) is 1. The van der Waals surface area contributed by atoms with Gasteiger partial charge in [-0.1, -0.05) is 6.07 Å². The largest absolute Gasteiger partial charge is 0.482 e. The summed E-state index contributed by atoms with van der Waals surface area (Å²) in [5, 5.41) is 5.64. The van der Waals surface area contributed by atoms with Crippen LogP contribution in [0.2, 0.25) is 0 Å². The van der Waals surface area contributed by atoms with Crippen molar-refractivity contribution in [2.45, 2.75) is 20.4 Å². The van der Waals surface area contributed by atoms with Crippen molar-refractivity contribution in [2.75, 3.05) is 18.5 Å². The van der Waals surface area contributed by atoms with Gasteiger partial charge < -0.3 is 25.1 Å². The van der Waals surface area contributed by atoms with Crippen LogP contribution in [-0.2, 0) is 16.1 Å². The molecule has 0 saturated carbocycles. The number of rotatable bonds is 5. The smallest absolute Gasteiger partial charge is 0.348 e. The minimum absolute atomic E-state index is 0.0370. The van der Waals surface area contributed by atoms with Gasteiger partial charge in [-0.25, -0.2) is 9.78 Å². The van der Waals surface area contributed by atoms with E-state index in [2.05, 4.69) is 20.6 Å². The minimum Gasteiger partial charge on any atom is -0.482 e. The maximum atomic E-state index is 12.6. The summed E-state index contributed by atoms with van der Waals surface area (Å²) in [6, 6.07) is 5.15. The Labute approximate surface area is 179 Å². The third-order valence-electron chi connectivity index (χ3n) is 4.61. The molecule has 11 heteroatoms. The Morgan fingerprint density at radius 1 is 1.32 bits per heavy atom. The van der Waals surface area contributed by atoms with E-state index in [1.165, 1.54) is 0 Å². The molecule has 1 aliphatic rings. The number of anilines is 1. The van der Waals surface area contributed by atoms with E-state index in [1.54, 1.807) is 32.0 Å². The zero-order valence-electron chi connectivity index (χ0n) is 16.7. The average Bonchev–Trinajstić information content (AvgIpc) is 3.08. The van der Waals surface area contributed by atoms with Gasteiger partial charge in [0, 0.05) is 6.54 Å². The number of aryl methyl sites for hydroxylation is 1. The normalized spacial score (nSPS) is 12.6. The van der Waals surface area contributed by atoms with E-state index in [9.17, 15) is 19.2 Å². The van der Waals surface area contributed by atoms with E-state index in [0.29, 0.717) is 17.0 Å². The standard InChI is InChI=1S/C20H18N4O6S/c1-3-29-20(28)15-9(2)14-17(26)23-16(24-19(14)31-15)18(27)21-7-10-4-5-12-11(6-10)22-13(25)8-30-12/h4-6H,3,7-8H2,1-2H3,(H,21,27)(H,22,25)(H,23,24,26). The first-order valence-corrected chi connectivity index (χ1v) is 10.2. The number of benzene rings is 1. The zero-order valence-corrected chi connectivity index (χ0v) is 17.5. The molecule has 0 radical (unpaired) electrons. The number of carbonyl (C=O) groups excluding carboxylic acids is 3. The highest BCUT2D eigenvalue weighted by Gasteiger charge is 2.22. The maximum absolute atomic E-state index is 12.6. The molecule has 2 aromatic heterocycles. The molecule has 3 N–H and O–H groups in total. The molecular formula is C20H18N4O6S. The van der Waals surface area contributed by atoms with Crippen LogP contribution in [0.3, 0.4) is 0 Å². The van der Waals surface area contributed by atoms with Crippen molar-refractivity contribution < 1.29 is 23.9 Å². The molecule has 31 heavy (non-hydrogen) atoms. The number of ether oxygens (including phenoxy) is 2. The first-order valence-electron chi connectivity index (χ1n) is 9.41. The Hall–Kier alpha value is -3.73. The lowest BCUT2D eigenvalue weighted by atomic mass is 10.1. The van der Waals surface area contributed by atoms with Crippen molar-refractivity contribution in [2.24, 2.45) is 0 Å². The predicted molar refractivity (Wildman–Crippen MR) is 113 cm³/mol. The van der Waals surface area contributed by atoms with Crippen molar-refractivity contribution in [1.29, 1.82) is 0 Å². The molecule has 3 heterocycles. The Kier molecular flexibility index (Phi) is 5.42. The number of hydrogen-bond donors (Lipinski definition) is 3. The molecule has 0 bridgehead atoms. The summed E-state index contributed by atoms with van der Waals surface area (Å²) >= 11 is 1.01.